The zero-order valence-electron chi connectivity index (χ0n) is 21.9. The summed E-state index contributed by atoms with van der Waals surface area (Å²) in [5, 5.41) is 3.30. The minimum atomic E-state index is -3.88. The number of benzene rings is 2. The Morgan fingerprint density at radius 1 is 0.946 bits per heavy atom. The minimum Gasteiger partial charge on any atom is -0.337 e. The van der Waals surface area contributed by atoms with Gasteiger partial charge in [0.25, 0.3) is 15.9 Å². The van der Waals surface area contributed by atoms with E-state index in [9.17, 15) is 13.2 Å². The van der Waals surface area contributed by atoms with Crippen molar-refractivity contribution in [1.82, 2.24) is 10.2 Å². The molecule has 200 valence electrons. The average Bonchev–Trinajstić information content (AvgIpc) is 3.10. The molecule has 37 heavy (non-hydrogen) atoms. The molecular weight excluding hydrogens is 484 g/mol. The van der Waals surface area contributed by atoms with Crippen LogP contribution >= 0.6 is 0 Å². The van der Waals surface area contributed by atoms with Crippen molar-refractivity contribution in [2.24, 2.45) is 4.99 Å². The number of sulfonamides is 1. The Labute approximate surface area is 221 Å². The van der Waals surface area contributed by atoms with E-state index >= 15 is 0 Å². The van der Waals surface area contributed by atoms with E-state index in [1.54, 1.807) is 36.5 Å². The van der Waals surface area contributed by atoms with Crippen LogP contribution in [0.1, 0.15) is 86.6 Å². The normalized spacial score (nSPS) is 18.6. The van der Waals surface area contributed by atoms with Crippen LogP contribution in [0.5, 0.6) is 0 Å². The second-order valence-corrected chi connectivity index (χ2v) is 11.7. The number of anilines is 1. The number of para-hydroxylation sites is 1. The molecule has 1 aliphatic heterocycles. The van der Waals surface area contributed by atoms with Crippen molar-refractivity contribution in [3.8, 4) is 0 Å². The molecule has 0 bridgehead atoms. The number of carbonyl (C=O) groups is 1. The van der Waals surface area contributed by atoms with E-state index < -0.39 is 10.0 Å². The molecule has 4 rings (SSSR count). The summed E-state index contributed by atoms with van der Waals surface area (Å²) in [4.78, 5) is 19.5. The van der Waals surface area contributed by atoms with E-state index in [1.165, 1.54) is 25.7 Å². The molecule has 0 radical (unpaired) electrons. The van der Waals surface area contributed by atoms with Crippen molar-refractivity contribution in [3.63, 3.8) is 0 Å². The highest BCUT2D eigenvalue weighted by Crippen LogP contribution is 2.39. The first kappa shape index (κ1) is 27.3. The van der Waals surface area contributed by atoms with Crippen LogP contribution in [0.4, 0.5) is 11.4 Å². The lowest BCUT2D eigenvalue weighted by molar-refractivity contribution is 0.0766. The standard InChI is InChI=1S/C29H40N4O3S/c1-2-31-28-26(23-11-7-5-3-4-6-8-12-23)13-9-14-27(28)37(35,36)32-25-17-15-24(16-18-25)29(34)33-21-10-19-30-20-22-33/h2,9,13-18,23,30,32H,3-8,10-12,19-22H2,1H3. The molecule has 7 nitrogen and oxygen atoms in total. The Bertz CT molecular complexity index is 1160. The topological polar surface area (TPSA) is 90.9 Å². The molecule has 2 fully saturated rings. The third-order valence-corrected chi connectivity index (χ3v) is 8.80. The number of hydrogen-bond acceptors (Lipinski definition) is 5. The van der Waals surface area contributed by atoms with Gasteiger partial charge in [0.2, 0.25) is 0 Å². The smallest absolute Gasteiger partial charge is 0.264 e. The van der Waals surface area contributed by atoms with Gasteiger partial charge in [-0.3, -0.25) is 14.5 Å². The molecule has 0 aromatic heterocycles. The van der Waals surface area contributed by atoms with Crippen LogP contribution in [0.15, 0.2) is 52.4 Å². The molecule has 8 heteroatoms. The number of nitrogens with one attached hydrogen (secondary N) is 2. The lowest BCUT2D eigenvalue weighted by Crippen LogP contribution is -2.34. The number of nitrogens with zero attached hydrogens (tertiary/aromatic N) is 2. The Kier molecular flexibility index (Phi) is 9.75. The van der Waals surface area contributed by atoms with Crippen molar-refractivity contribution >= 4 is 33.5 Å². The highest BCUT2D eigenvalue weighted by atomic mass is 32.2. The first-order valence-corrected chi connectivity index (χ1v) is 15.2. The molecule has 2 N–H and O–H groups in total. The molecular formula is C29H40N4O3S. The van der Waals surface area contributed by atoms with Crippen LogP contribution in [-0.2, 0) is 10.0 Å². The van der Waals surface area contributed by atoms with Crippen LogP contribution in [0.25, 0.3) is 0 Å². The molecule has 2 aliphatic rings. The van der Waals surface area contributed by atoms with Crippen molar-refractivity contribution in [2.45, 2.75) is 75.5 Å². The van der Waals surface area contributed by atoms with Gasteiger partial charge < -0.3 is 10.2 Å². The number of amides is 1. The molecule has 1 heterocycles. The molecule has 0 atom stereocenters. The molecule has 0 spiro atoms. The van der Waals surface area contributed by atoms with Gasteiger partial charge >= 0.3 is 0 Å². The third kappa shape index (κ3) is 7.20. The molecule has 1 amide bonds. The molecule has 2 aromatic carbocycles. The Balaban J connectivity index is 1.55. The van der Waals surface area contributed by atoms with E-state index in [4.69, 9.17) is 0 Å². The summed E-state index contributed by atoms with van der Waals surface area (Å²) in [5.41, 5.74) is 2.55. The van der Waals surface area contributed by atoms with Crippen LogP contribution in [0, 0.1) is 0 Å². The molecule has 1 aliphatic carbocycles. The van der Waals surface area contributed by atoms with E-state index in [0.717, 1.165) is 57.3 Å². The third-order valence-electron chi connectivity index (χ3n) is 7.38. The van der Waals surface area contributed by atoms with Gasteiger partial charge in [0, 0.05) is 37.1 Å². The minimum absolute atomic E-state index is 0.0274. The fourth-order valence-electron chi connectivity index (χ4n) is 5.42. The highest BCUT2D eigenvalue weighted by molar-refractivity contribution is 7.92. The Hall–Kier alpha value is -2.71. The van der Waals surface area contributed by atoms with Crippen LogP contribution in [0.3, 0.4) is 0 Å². The van der Waals surface area contributed by atoms with E-state index in [1.807, 2.05) is 24.0 Å². The van der Waals surface area contributed by atoms with Gasteiger partial charge in [0.15, 0.2) is 0 Å². The maximum atomic E-state index is 13.5. The Morgan fingerprint density at radius 3 is 2.35 bits per heavy atom. The fraction of sp³-hybridized carbons (Fsp3) is 0.517. The van der Waals surface area contributed by atoms with Gasteiger partial charge in [-0.05, 0) is 74.5 Å². The summed E-state index contributed by atoms with van der Waals surface area (Å²) in [5.74, 6) is 0.284. The highest BCUT2D eigenvalue weighted by Gasteiger charge is 2.25. The predicted octanol–water partition coefficient (Wildman–Crippen LogP) is 5.86. The van der Waals surface area contributed by atoms with E-state index in [2.05, 4.69) is 15.0 Å². The summed E-state index contributed by atoms with van der Waals surface area (Å²) in [6.07, 6.45) is 12.1. The van der Waals surface area contributed by atoms with Gasteiger partial charge in [0.05, 0.1) is 5.69 Å². The molecule has 1 saturated heterocycles. The number of carbonyl (C=O) groups excluding carboxylic acids is 1. The second kappa shape index (κ2) is 13.2. The summed E-state index contributed by atoms with van der Waals surface area (Å²) in [6.45, 7) is 4.91. The first-order valence-electron chi connectivity index (χ1n) is 13.7. The number of aliphatic imine (C=N–C) groups is 1. The monoisotopic (exact) mass is 524 g/mol. The Morgan fingerprint density at radius 2 is 1.65 bits per heavy atom. The van der Waals surface area contributed by atoms with Gasteiger partial charge in [-0.1, -0.05) is 50.7 Å². The maximum Gasteiger partial charge on any atom is 0.264 e. The lowest BCUT2D eigenvalue weighted by Gasteiger charge is -2.21. The van der Waals surface area contributed by atoms with Gasteiger partial charge in [-0.25, -0.2) is 8.42 Å². The van der Waals surface area contributed by atoms with Gasteiger partial charge in [0.1, 0.15) is 4.90 Å². The van der Waals surface area contributed by atoms with Gasteiger partial charge in [-0.2, -0.15) is 0 Å². The van der Waals surface area contributed by atoms with Crippen LogP contribution < -0.4 is 10.0 Å². The summed E-state index contributed by atoms with van der Waals surface area (Å²) >= 11 is 0. The first-order chi connectivity index (χ1) is 18.0. The quantitative estimate of drug-likeness (QED) is 0.463. The second-order valence-electron chi connectivity index (χ2n) is 10.1. The van der Waals surface area contributed by atoms with Crippen molar-refractivity contribution in [3.05, 3.63) is 53.6 Å². The van der Waals surface area contributed by atoms with Crippen molar-refractivity contribution in [2.75, 3.05) is 30.9 Å². The molecule has 1 saturated carbocycles. The maximum absolute atomic E-state index is 13.5. The van der Waals surface area contributed by atoms with Gasteiger partial charge in [-0.15, -0.1) is 0 Å². The molecule has 2 aromatic rings. The van der Waals surface area contributed by atoms with E-state index in [-0.39, 0.29) is 10.8 Å². The predicted molar refractivity (Wildman–Crippen MR) is 151 cm³/mol. The average molecular weight is 525 g/mol. The zero-order chi connectivity index (χ0) is 26.1. The number of hydrogen-bond donors (Lipinski definition) is 2. The summed E-state index contributed by atoms with van der Waals surface area (Å²) in [6, 6.07) is 12.2. The van der Waals surface area contributed by atoms with Crippen LogP contribution in [0.2, 0.25) is 0 Å². The fourth-order valence-corrected chi connectivity index (χ4v) is 6.66. The zero-order valence-corrected chi connectivity index (χ0v) is 22.7. The largest absolute Gasteiger partial charge is 0.337 e. The number of rotatable bonds is 6. The SMILES string of the molecule is CC=Nc1c(C2CCCCCCCC2)cccc1S(=O)(=O)Nc1ccc(C(=O)N2CCCNCC2)cc1. The molecule has 0 unspecified atom stereocenters. The van der Waals surface area contributed by atoms with Crippen LogP contribution in [-0.4, -0.2) is 51.6 Å². The summed E-state index contributed by atoms with van der Waals surface area (Å²) < 4.78 is 29.8. The van der Waals surface area contributed by atoms with Crippen molar-refractivity contribution in [1.29, 1.82) is 0 Å². The van der Waals surface area contributed by atoms with E-state index in [0.29, 0.717) is 29.4 Å². The van der Waals surface area contributed by atoms with Crippen molar-refractivity contribution < 1.29 is 13.2 Å². The lowest BCUT2D eigenvalue weighted by atomic mass is 9.88. The summed E-state index contributed by atoms with van der Waals surface area (Å²) in [7, 11) is -3.88.